The number of hydrogen-bond donors (Lipinski definition) is 1. The number of carbonyl (C=O) groups is 1. The van der Waals surface area contributed by atoms with Crippen LogP contribution >= 0.6 is 0 Å². The maximum Gasteiger partial charge on any atom is 0.270 e. The van der Waals surface area contributed by atoms with Crippen LogP contribution in [0.15, 0.2) is 18.2 Å². The minimum Gasteiger partial charge on any atom is -0.491 e. The fourth-order valence-electron chi connectivity index (χ4n) is 3.02. The van der Waals surface area contributed by atoms with Gasteiger partial charge in [-0.05, 0) is 39.7 Å². The molecule has 2 N–H and O–H groups in total. The van der Waals surface area contributed by atoms with Crippen molar-refractivity contribution in [3.63, 3.8) is 0 Å². The Labute approximate surface area is 141 Å². The Morgan fingerprint density at radius 2 is 2.17 bits per heavy atom. The van der Waals surface area contributed by atoms with Crippen molar-refractivity contribution in [2.24, 2.45) is 11.7 Å². The molecular formula is C17H25N3O4. The Morgan fingerprint density at radius 1 is 1.46 bits per heavy atom. The zero-order valence-corrected chi connectivity index (χ0v) is 14.4. The van der Waals surface area contributed by atoms with Crippen molar-refractivity contribution >= 4 is 11.6 Å². The van der Waals surface area contributed by atoms with Gasteiger partial charge in [-0.2, -0.15) is 0 Å². The van der Waals surface area contributed by atoms with Crippen LogP contribution < -0.4 is 10.5 Å². The molecule has 1 aliphatic heterocycles. The number of nitro groups is 1. The Kier molecular flexibility index (Phi) is 5.77. The molecule has 2 rings (SSSR count). The minimum absolute atomic E-state index is 0.0256. The molecule has 0 unspecified atom stereocenters. The van der Waals surface area contributed by atoms with Crippen molar-refractivity contribution in [3.8, 4) is 5.75 Å². The molecule has 1 heterocycles. The molecule has 0 aliphatic carbocycles. The second-order valence-electron chi connectivity index (χ2n) is 6.67. The van der Waals surface area contributed by atoms with E-state index in [2.05, 4.69) is 11.8 Å². The summed E-state index contributed by atoms with van der Waals surface area (Å²) in [5, 5.41) is 11.1. The van der Waals surface area contributed by atoms with Crippen LogP contribution in [0.3, 0.4) is 0 Å². The third-order valence-corrected chi connectivity index (χ3v) is 4.40. The minimum atomic E-state index is -0.408. The van der Waals surface area contributed by atoms with Gasteiger partial charge in [-0.1, -0.05) is 0 Å². The lowest BCUT2D eigenvalue weighted by Crippen LogP contribution is -2.45. The summed E-state index contributed by atoms with van der Waals surface area (Å²) in [5.74, 6) is 0.183. The van der Waals surface area contributed by atoms with Crippen LogP contribution in [0, 0.1) is 16.0 Å². The maximum absolute atomic E-state index is 11.5. The molecule has 1 amide bonds. The fourth-order valence-corrected chi connectivity index (χ4v) is 3.02. The zero-order chi connectivity index (χ0) is 17.9. The smallest absolute Gasteiger partial charge is 0.270 e. The first-order valence-electron chi connectivity index (χ1n) is 8.25. The number of nitro benzene ring substituents is 1. The van der Waals surface area contributed by atoms with Crippen molar-refractivity contribution < 1.29 is 14.5 Å². The number of carbonyl (C=O) groups excluding carboxylic acids is 1. The highest BCUT2D eigenvalue weighted by atomic mass is 16.6. The van der Waals surface area contributed by atoms with E-state index < -0.39 is 4.92 Å². The van der Waals surface area contributed by atoms with E-state index in [4.69, 9.17) is 10.5 Å². The molecule has 0 bridgehead atoms. The van der Waals surface area contributed by atoms with E-state index in [1.807, 2.05) is 13.8 Å². The first-order valence-corrected chi connectivity index (χ1v) is 8.25. The topological polar surface area (TPSA) is 98.7 Å². The molecule has 1 aromatic carbocycles. The summed E-state index contributed by atoms with van der Waals surface area (Å²) in [5.41, 5.74) is 6.25. The van der Waals surface area contributed by atoms with Gasteiger partial charge in [0.15, 0.2) is 0 Å². The third-order valence-electron chi connectivity index (χ3n) is 4.40. The number of benzene rings is 1. The molecule has 1 aliphatic rings. The van der Waals surface area contributed by atoms with Crippen molar-refractivity contribution in [1.29, 1.82) is 0 Å². The monoisotopic (exact) mass is 335 g/mol. The van der Waals surface area contributed by atoms with Gasteiger partial charge in [0.05, 0.1) is 16.9 Å². The molecule has 1 aromatic rings. The van der Waals surface area contributed by atoms with Gasteiger partial charge in [0.25, 0.3) is 5.69 Å². The van der Waals surface area contributed by atoms with Gasteiger partial charge >= 0.3 is 0 Å². The van der Waals surface area contributed by atoms with E-state index in [1.54, 1.807) is 12.1 Å². The van der Waals surface area contributed by atoms with Crippen molar-refractivity contribution in [2.75, 3.05) is 6.54 Å². The van der Waals surface area contributed by atoms with Crippen molar-refractivity contribution in [1.82, 2.24) is 4.90 Å². The molecule has 2 atom stereocenters. The number of hydrogen-bond acceptors (Lipinski definition) is 5. The number of nitrogens with zero attached hydrogens (tertiary/aromatic N) is 2. The normalized spacial score (nSPS) is 21.7. The van der Waals surface area contributed by atoms with Gasteiger partial charge in [-0.3, -0.25) is 19.8 Å². The molecule has 1 saturated heterocycles. The largest absolute Gasteiger partial charge is 0.491 e. The number of nitrogens with two attached hydrogens (primary N) is 1. The highest BCUT2D eigenvalue weighted by molar-refractivity contribution is 5.77. The molecule has 7 nitrogen and oxygen atoms in total. The molecule has 0 spiro atoms. The van der Waals surface area contributed by atoms with Crippen molar-refractivity contribution in [2.45, 2.75) is 52.3 Å². The Morgan fingerprint density at radius 3 is 2.75 bits per heavy atom. The highest BCUT2D eigenvalue weighted by Gasteiger charge is 2.29. The Balaban J connectivity index is 2.26. The predicted octanol–water partition coefficient (Wildman–Crippen LogP) is 2.47. The maximum atomic E-state index is 11.5. The van der Waals surface area contributed by atoms with Crippen LogP contribution in [0.2, 0.25) is 0 Å². The van der Waals surface area contributed by atoms with Crippen LogP contribution in [-0.2, 0) is 11.3 Å². The lowest BCUT2D eigenvalue weighted by molar-refractivity contribution is -0.385. The summed E-state index contributed by atoms with van der Waals surface area (Å²) < 4.78 is 5.79. The average molecular weight is 335 g/mol. The van der Waals surface area contributed by atoms with E-state index >= 15 is 0 Å². The van der Waals surface area contributed by atoms with E-state index in [0.29, 0.717) is 18.8 Å². The summed E-state index contributed by atoms with van der Waals surface area (Å²) in [4.78, 5) is 24.3. The molecule has 0 aromatic heterocycles. The van der Waals surface area contributed by atoms with Crippen LogP contribution in [0.5, 0.6) is 5.75 Å². The van der Waals surface area contributed by atoms with E-state index in [0.717, 1.165) is 18.4 Å². The lowest BCUT2D eigenvalue weighted by Gasteiger charge is -2.37. The predicted molar refractivity (Wildman–Crippen MR) is 90.7 cm³/mol. The summed E-state index contributed by atoms with van der Waals surface area (Å²) in [6.45, 7) is 6.99. The second kappa shape index (κ2) is 7.61. The standard InChI is InChI=1S/C17H25N3O4/c1-11(2)24-16-7-6-15(20(22)23)8-14(16)10-19-9-13(17(18)21)5-4-12(19)3/h6-8,11-13H,4-5,9-10H2,1-3H3,(H2,18,21)/t12-,13+/m0/s1. The SMILES string of the molecule is CC(C)Oc1ccc([N+](=O)[O-])cc1CN1C[C@H](C(N)=O)CC[C@@H]1C. The van der Waals surface area contributed by atoms with Crippen LogP contribution in [0.4, 0.5) is 5.69 Å². The molecule has 1 fully saturated rings. The lowest BCUT2D eigenvalue weighted by atomic mass is 9.92. The number of rotatable bonds is 6. The van der Waals surface area contributed by atoms with E-state index in [1.165, 1.54) is 6.07 Å². The number of ether oxygens (including phenoxy) is 1. The number of piperidine rings is 1. The Hall–Kier alpha value is -2.15. The summed E-state index contributed by atoms with van der Waals surface area (Å²) in [7, 11) is 0. The number of likely N-dealkylation sites (tertiary alicyclic amines) is 1. The van der Waals surface area contributed by atoms with Gasteiger partial charge in [0.2, 0.25) is 5.91 Å². The second-order valence-corrected chi connectivity index (χ2v) is 6.67. The van der Waals surface area contributed by atoms with Gasteiger partial charge in [-0.15, -0.1) is 0 Å². The number of primary amides is 1. The summed E-state index contributed by atoms with van der Waals surface area (Å²) in [6, 6.07) is 4.94. The Bertz CT molecular complexity index is 618. The van der Waals surface area contributed by atoms with E-state index in [9.17, 15) is 14.9 Å². The van der Waals surface area contributed by atoms with Crippen molar-refractivity contribution in [3.05, 3.63) is 33.9 Å². The quantitative estimate of drug-likeness (QED) is 0.636. The number of non-ortho nitro benzene ring substituents is 1. The summed E-state index contributed by atoms with van der Waals surface area (Å²) >= 11 is 0. The van der Waals surface area contributed by atoms with Gasteiger partial charge < -0.3 is 10.5 Å². The van der Waals surface area contributed by atoms with Gasteiger partial charge in [0, 0.05) is 36.8 Å². The molecule has 0 saturated carbocycles. The molecule has 132 valence electrons. The van der Waals surface area contributed by atoms with Crippen LogP contribution in [0.25, 0.3) is 0 Å². The number of amides is 1. The summed E-state index contributed by atoms with van der Waals surface area (Å²) in [6.07, 6.45) is 1.64. The average Bonchev–Trinajstić information content (AvgIpc) is 2.50. The molecule has 0 radical (unpaired) electrons. The zero-order valence-electron chi connectivity index (χ0n) is 14.4. The van der Waals surface area contributed by atoms with E-state index in [-0.39, 0.29) is 29.7 Å². The molecule has 24 heavy (non-hydrogen) atoms. The van der Waals surface area contributed by atoms with Crippen LogP contribution in [-0.4, -0.2) is 34.4 Å². The third kappa shape index (κ3) is 4.44. The van der Waals surface area contributed by atoms with Crippen LogP contribution in [0.1, 0.15) is 39.2 Å². The molecular weight excluding hydrogens is 310 g/mol. The molecule has 7 heteroatoms. The van der Waals surface area contributed by atoms with Gasteiger partial charge in [-0.25, -0.2) is 0 Å². The van der Waals surface area contributed by atoms with Gasteiger partial charge in [0.1, 0.15) is 5.75 Å². The highest BCUT2D eigenvalue weighted by Crippen LogP contribution is 2.30. The first-order chi connectivity index (χ1) is 11.3. The fraction of sp³-hybridized carbons (Fsp3) is 0.588. The first kappa shape index (κ1) is 18.2.